The third-order valence-electron chi connectivity index (χ3n) is 3.96. The van der Waals surface area contributed by atoms with Crippen molar-refractivity contribution in [2.24, 2.45) is 0 Å². The monoisotopic (exact) mass is 398 g/mol. The van der Waals surface area contributed by atoms with Gasteiger partial charge in [-0.05, 0) is 18.2 Å². The van der Waals surface area contributed by atoms with E-state index in [4.69, 9.17) is 11.6 Å². The summed E-state index contributed by atoms with van der Waals surface area (Å²) in [4.78, 5) is 37.8. The fraction of sp³-hybridized carbons (Fsp3) is 0.0556. The van der Waals surface area contributed by atoms with Crippen LogP contribution in [0.5, 0.6) is 0 Å². The predicted octanol–water partition coefficient (Wildman–Crippen LogP) is 3.09. The fourth-order valence-electron chi connectivity index (χ4n) is 2.70. The van der Waals surface area contributed by atoms with E-state index in [1.165, 1.54) is 0 Å². The molecule has 7 nitrogen and oxygen atoms in total. The lowest BCUT2D eigenvalue weighted by Gasteiger charge is -2.12. The molecule has 27 heavy (non-hydrogen) atoms. The van der Waals surface area contributed by atoms with E-state index in [2.05, 4.69) is 15.5 Å². The Kier molecular flexibility index (Phi) is 4.43. The van der Waals surface area contributed by atoms with Crippen molar-refractivity contribution in [1.29, 1.82) is 0 Å². The van der Waals surface area contributed by atoms with E-state index in [0.717, 1.165) is 16.2 Å². The van der Waals surface area contributed by atoms with E-state index in [1.807, 2.05) is 6.07 Å². The maximum atomic E-state index is 12.3. The van der Waals surface area contributed by atoms with Crippen LogP contribution in [0.3, 0.4) is 0 Å². The molecule has 1 N–H and O–H groups in total. The van der Waals surface area contributed by atoms with E-state index in [1.54, 1.807) is 42.5 Å². The van der Waals surface area contributed by atoms with Gasteiger partial charge in [-0.25, -0.2) is 0 Å². The Labute approximate surface area is 162 Å². The molecular formula is C18H11ClN4O3S. The van der Waals surface area contributed by atoms with Crippen LogP contribution in [-0.4, -0.2) is 39.4 Å². The highest BCUT2D eigenvalue weighted by Crippen LogP contribution is 2.31. The molecule has 134 valence electrons. The number of carbonyl (C=O) groups excluding carboxylic acids is 3. The van der Waals surface area contributed by atoms with Gasteiger partial charge in [0.05, 0.1) is 16.1 Å². The van der Waals surface area contributed by atoms with Crippen molar-refractivity contribution in [1.82, 2.24) is 15.1 Å². The number of hydrogen-bond donors (Lipinski definition) is 1. The van der Waals surface area contributed by atoms with Gasteiger partial charge >= 0.3 is 0 Å². The minimum absolute atomic E-state index is 0.256. The van der Waals surface area contributed by atoms with Gasteiger partial charge in [-0.1, -0.05) is 53.3 Å². The van der Waals surface area contributed by atoms with Gasteiger partial charge in [0.1, 0.15) is 6.54 Å². The van der Waals surface area contributed by atoms with E-state index in [0.29, 0.717) is 26.7 Å². The Balaban J connectivity index is 1.46. The van der Waals surface area contributed by atoms with Crippen LogP contribution in [0.2, 0.25) is 5.02 Å². The normalized spacial score (nSPS) is 13.0. The number of anilines is 1. The number of amides is 3. The predicted molar refractivity (Wildman–Crippen MR) is 101 cm³/mol. The molecule has 1 aliphatic rings. The molecule has 0 radical (unpaired) electrons. The van der Waals surface area contributed by atoms with Gasteiger partial charge in [-0.15, -0.1) is 10.2 Å². The summed E-state index contributed by atoms with van der Waals surface area (Å²) in [5.74, 6) is -1.51. The minimum atomic E-state index is -0.536. The van der Waals surface area contributed by atoms with Crippen molar-refractivity contribution in [3.8, 4) is 10.6 Å². The number of rotatable bonds is 4. The first-order valence-corrected chi connectivity index (χ1v) is 9.07. The Morgan fingerprint density at radius 1 is 0.963 bits per heavy atom. The molecule has 9 heteroatoms. The van der Waals surface area contributed by atoms with E-state index >= 15 is 0 Å². The van der Waals surface area contributed by atoms with E-state index in [-0.39, 0.29) is 5.13 Å². The van der Waals surface area contributed by atoms with Gasteiger partial charge in [0.25, 0.3) is 11.8 Å². The van der Waals surface area contributed by atoms with E-state index in [9.17, 15) is 14.4 Å². The lowest BCUT2D eigenvalue weighted by atomic mass is 10.1. The number of fused-ring (bicyclic) bond motifs is 1. The zero-order valence-corrected chi connectivity index (χ0v) is 15.3. The number of nitrogens with zero attached hydrogens (tertiary/aromatic N) is 3. The molecule has 1 aromatic heterocycles. The van der Waals surface area contributed by atoms with Crippen LogP contribution >= 0.6 is 22.9 Å². The van der Waals surface area contributed by atoms with Crippen LogP contribution < -0.4 is 5.32 Å². The number of benzene rings is 2. The first kappa shape index (κ1) is 17.3. The molecule has 0 unspecified atom stereocenters. The number of nitrogens with one attached hydrogen (secondary N) is 1. The maximum Gasteiger partial charge on any atom is 0.262 e. The van der Waals surface area contributed by atoms with E-state index < -0.39 is 24.3 Å². The summed E-state index contributed by atoms with van der Waals surface area (Å²) in [6.07, 6.45) is 0. The number of imide groups is 1. The molecule has 0 fully saturated rings. The van der Waals surface area contributed by atoms with Gasteiger partial charge < -0.3 is 0 Å². The third kappa shape index (κ3) is 3.20. The molecule has 0 aliphatic carbocycles. The molecule has 2 heterocycles. The Hall–Kier alpha value is -3.10. The van der Waals surface area contributed by atoms with Gasteiger partial charge in [-0.3, -0.25) is 24.6 Å². The highest BCUT2D eigenvalue weighted by atomic mass is 35.5. The Morgan fingerprint density at radius 3 is 2.19 bits per heavy atom. The molecule has 0 spiro atoms. The second-order valence-electron chi connectivity index (χ2n) is 5.68. The second-order valence-corrected chi connectivity index (χ2v) is 7.07. The fourth-order valence-corrected chi connectivity index (χ4v) is 3.78. The van der Waals surface area contributed by atoms with Gasteiger partial charge in [-0.2, -0.15) is 0 Å². The van der Waals surface area contributed by atoms with Crippen LogP contribution in [0.25, 0.3) is 10.6 Å². The van der Waals surface area contributed by atoms with Gasteiger partial charge in [0.2, 0.25) is 11.0 Å². The molecule has 4 rings (SSSR count). The Morgan fingerprint density at radius 2 is 1.56 bits per heavy atom. The second kappa shape index (κ2) is 6.90. The van der Waals surface area contributed by atoms with Gasteiger partial charge in [0, 0.05) is 5.56 Å². The quantitative estimate of drug-likeness (QED) is 0.682. The summed E-state index contributed by atoms with van der Waals surface area (Å²) in [5, 5.41) is 11.8. The summed E-state index contributed by atoms with van der Waals surface area (Å²) < 4.78 is 0. The standard InChI is InChI=1S/C18H11ClN4O3S/c19-13-8-4-3-7-12(13)15-21-22-18(27-15)20-14(24)9-23-16(25)10-5-1-2-6-11(10)17(23)26/h1-8H,9H2,(H,20,22,24). The summed E-state index contributed by atoms with van der Waals surface area (Å²) >= 11 is 7.28. The largest absolute Gasteiger partial charge is 0.299 e. The third-order valence-corrected chi connectivity index (χ3v) is 5.16. The SMILES string of the molecule is O=C(CN1C(=O)c2ccccc2C1=O)Nc1nnc(-c2ccccc2Cl)s1. The Bertz CT molecular complexity index is 1050. The average Bonchev–Trinajstić information content (AvgIpc) is 3.21. The molecule has 0 atom stereocenters. The summed E-state index contributed by atoms with van der Waals surface area (Å²) in [6.45, 7) is -0.395. The van der Waals surface area contributed by atoms with Crippen LogP contribution in [-0.2, 0) is 4.79 Å². The topological polar surface area (TPSA) is 92.3 Å². The molecule has 3 amide bonds. The van der Waals surface area contributed by atoms with Crippen molar-refractivity contribution >= 4 is 45.8 Å². The highest BCUT2D eigenvalue weighted by molar-refractivity contribution is 7.18. The van der Waals surface area contributed by atoms with Crippen molar-refractivity contribution in [2.75, 3.05) is 11.9 Å². The summed E-state index contributed by atoms with van der Waals surface area (Å²) in [7, 11) is 0. The van der Waals surface area contributed by atoms with Crippen molar-refractivity contribution in [3.05, 3.63) is 64.7 Å². The first-order valence-electron chi connectivity index (χ1n) is 7.88. The van der Waals surface area contributed by atoms with Crippen LogP contribution in [0.1, 0.15) is 20.7 Å². The van der Waals surface area contributed by atoms with Crippen molar-refractivity contribution in [2.45, 2.75) is 0 Å². The first-order chi connectivity index (χ1) is 13.0. The minimum Gasteiger partial charge on any atom is -0.299 e. The number of halogens is 1. The molecule has 1 aliphatic heterocycles. The zero-order valence-electron chi connectivity index (χ0n) is 13.7. The van der Waals surface area contributed by atoms with Crippen molar-refractivity contribution in [3.63, 3.8) is 0 Å². The zero-order chi connectivity index (χ0) is 19.0. The highest BCUT2D eigenvalue weighted by Gasteiger charge is 2.36. The molecule has 3 aromatic rings. The van der Waals surface area contributed by atoms with Crippen molar-refractivity contribution < 1.29 is 14.4 Å². The smallest absolute Gasteiger partial charge is 0.262 e. The molecule has 0 bridgehead atoms. The average molecular weight is 399 g/mol. The molecule has 0 saturated carbocycles. The number of hydrogen-bond acceptors (Lipinski definition) is 6. The number of carbonyl (C=O) groups is 3. The molecular weight excluding hydrogens is 388 g/mol. The lowest BCUT2D eigenvalue weighted by Crippen LogP contribution is -2.37. The number of aromatic nitrogens is 2. The summed E-state index contributed by atoms with van der Waals surface area (Å²) in [6, 6.07) is 13.6. The van der Waals surface area contributed by atoms with Crippen LogP contribution in [0.15, 0.2) is 48.5 Å². The van der Waals surface area contributed by atoms with Crippen LogP contribution in [0, 0.1) is 0 Å². The molecule has 2 aromatic carbocycles. The van der Waals surface area contributed by atoms with Crippen LogP contribution in [0.4, 0.5) is 5.13 Å². The van der Waals surface area contributed by atoms with Gasteiger partial charge in [0.15, 0.2) is 5.01 Å². The lowest BCUT2D eigenvalue weighted by molar-refractivity contribution is -0.116. The molecule has 0 saturated heterocycles. The maximum absolute atomic E-state index is 12.3. The summed E-state index contributed by atoms with van der Waals surface area (Å²) in [5.41, 5.74) is 1.30.